The second-order valence-corrected chi connectivity index (χ2v) is 6.50. The number of amides is 1. The highest BCUT2D eigenvalue weighted by Gasteiger charge is 2.28. The fraction of sp³-hybridized carbons (Fsp3) is 0.579. The summed E-state index contributed by atoms with van der Waals surface area (Å²) in [6.07, 6.45) is 3.67. The molecule has 1 aliphatic rings. The molecule has 0 radical (unpaired) electrons. The molecule has 0 bridgehead atoms. The third kappa shape index (κ3) is 6.67. The van der Waals surface area contributed by atoms with Gasteiger partial charge < -0.3 is 15.4 Å². The van der Waals surface area contributed by atoms with Gasteiger partial charge in [-0.25, -0.2) is 0 Å². The lowest BCUT2D eigenvalue weighted by molar-refractivity contribution is -0.146. The molecule has 1 aromatic rings. The van der Waals surface area contributed by atoms with Crippen molar-refractivity contribution in [3.8, 4) is 0 Å². The highest BCUT2D eigenvalue weighted by molar-refractivity contribution is 5.85. The van der Waals surface area contributed by atoms with Crippen LogP contribution in [-0.2, 0) is 14.3 Å². The minimum atomic E-state index is -0.430. The zero-order valence-corrected chi connectivity index (χ0v) is 15.8. The Morgan fingerprint density at radius 3 is 2.48 bits per heavy atom. The maximum Gasteiger partial charge on any atom is 0.310 e. The number of nitrogens with one attached hydrogen (secondary N) is 2. The van der Waals surface area contributed by atoms with Crippen LogP contribution in [0.3, 0.4) is 0 Å². The van der Waals surface area contributed by atoms with Gasteiger partial charge in [0.2, 0.25) is 5.91 Å². The molecule has 1 heterocycles. The number of carbonyl (C=O) groups is 2. The third-order valence-corrected chi connectivity index (χ3v) is 4.79. The molecule has 25 heavy (non-hydrogen) atoms. The van der Waals surface area contributed by atoms with Crippen molar-refractivity contribution >= 4 is 24.3 Å². The number of piperidine rings is 1. The van der Waals surface area contributed by atoms with Crippen molar-refractivity contribution in [3.63, 3.8) is 0 Å². The number of rotatable bonds is 7. The van der Waals surface area contributed by atoms with Crippen LogP contribution in [0.1, 0.15) is 44.2 Å². The zero-order chi connectivity index (χ0) is 17.4. The Bertz CT molecular complexity index is 533. The molecule has 2 rings (SSSR count). The highest BCUT2D eigenvalue weighted by atomic mass is 35.5. The molecule has 0 aromatic heterocycles. The van der Waals surface area contributed by atoms with E-state index in [0.717, 1.165) is 37.9 Å². The smallest absolute Gasteiger partial charge is 0.310 e. The standard InChI is InChI=1S/C19H28N2O3.ClH/c1-14(19(23)24-2)18(16-6-4-3-5-7-16)21-17(22)9-8-15-10-12-20-13-11-15;/h3-7,14-15,18,20H,8-13H2,1-2H3,(H,21,22);1H. The van der Waals surface area contributed by atoms with Gasteiger partial charge in [0.15, 0.2) is 0 Å². The van der Waals surface area contributed by atoms with Gasteiger partial charge in [-0.05, 0) is 50.8 Å². The van der Waals surface area contributed by atoms with E-state index in [1.54, 1.807) is 6.92 Å². The largest absolute Gasteiger partial charge is 0.469 e. The normalized spacial score (nSPS) is 17.0. The van der Waals surface area contributed by atoms with Crippen molar-refractivity contribution in [1.29, 1.82) is 0 Å². The number of benzene rings is 1. The molecule has 2 N–H and O–H groups in total. The van der Waals surface area contributed by atoms with Gasteiger partial charge in [0.1, 0.15) is 0 Å². The second kappa shape index (κ2) is 11.1. The van der Waals surface area contributed by atoms with Crippen molar-refractivity contribution < 1.29 is 14.3 Å². The van der Waals surface area contributed by atoms with Gasteiger partial charge in [-0.1, -0.05) is 30.3 Å². The van der Waals surface area contributed by atoms with Gasteiger partial charge in [-0.2, -0.15) is 0 Å². The number of hydrogen-bond acceptors (Lipinski definition) is 4. The summed E-state index contributed by atoms with van der Waals surface area (Å²) in [5, 5.41) is 6.37. The molecular weight excluding hydrogens is 340 g/mol. The van der Waals surface area contributed by atoms with E-state index in [0.29, 0.717) is 12.3 Å². The first-order valence-electron chi connectivity index (χ1n) is 8.74. The van der Waals surface area contributed by atoms with Crippen LogP contribution in [0.2, 0.25) is 0 Å². The SMILES string of the molecule is COC(=O)C(C)C(NC(=O)CCC1CCNCC1)c1ccccc1.Cl. The van der Waals surface area contributed by atoms with Crippen LogP contribution < -0.4 is 10.6 Å². The minimum Gasteiger partial charge on any atom is -0.469 e. The first-order chi connectivity index (χ1) is 11.6. The third-order valence-electron chi connectivity index (χ3n) is 4.79. The average Bonchev–Trinajstić information content (AvgIpc) is 2.64. The molecule has 2 unspecified atom stereocenters. The monoisotopic (exact) mass is 368 g/mol. The summed E-state index contributed by atoms with van der Waals surface area (Å²) in [6, 6.07) is 9.23. The van der Waals surface area contributed by atoms with Crippen molar-refractivity contribution in [2.45, 2.75) is 38.6 Å². The number of methoxy groups -OCH3 is 1. The molecule has 2 atom stereocenters. The fourth-order valence-corrected chi connectivity index (χ4v) is 3.23. The summed E-state index contributed by atoms with van der Waals surface area (Å²) >= 11 is 0. The van der Waals surface area contributed by atoms with Crippen molar-refractivity contribution in [2.75, 3.05) is 20.2 Å². The lowest BCUT2D eigenvalue weighted by atomic mass is 9.92. The quantitative estimate of drug-likeness (QED) is 0.726. The summed E-state index contributed by atoms with van der Waals surface area (Å²) in [5.74, 6) is -0.133. The molecule has 1 aromatic carbocycles. The number of esters is 1. The number of halogens is 1. The van der Waals surface area contributed by atoms with E-state index in [2.05, 4.69) is 10.6 Å². The Morgan fingerprint density at radius 1 is 1.24 bits per heavy atom. The Kier molecular flexibility index (Phi) is 9.53. The van der Waals surface area contributed by atoms with Gasteiger partial charge in [-0.3, -0.25) is 9.59 Å². The van der Waals surface area contributed by atoms with Crippen LogP contribution in [0, 0.1) is 11.8 Å². The molecule has 140 valence electrons. The van der Waals surface area contributed by atoms with Crippen LogP contribution in [0.5, 0.6) is 0 Å². The topological polar surface area (TPSA) is 67.4 Å². The highest BCUT2D eigenvalue weighted by Crippen LogP contribution is 2.24. The van der Waals surface area contributed by atoms with E-state index in [1.807, 2.05) is 30.3 Å². The second-order valence-electron chi connectivity index (χ2n) is 6.50. The van der Waals surface area contributed by atoms with Crippen LogP contribution in [0.15, 0.2) is 30.3 Å². The molecule has 1 fully saturated rings. The lowest BCUT2D eigenvalue weighted by Gasteiger charge is -2.25. The van der Waals surface area contributed by atoms with Crippen LogP contribution >= 0.6 is 12.4 Å². The van der Waals surface area contributed by atoms with Gasteiger partial charge >= 0.3 is 5.97 Å². The molecule has 1 aliphatic heterocycles. The van der Waals surface area contributed by atoms with Crippen LogP contribution in [0.4, 0.5) is 0 Å². The average molecular weight is 369 g/mol. The molecule has 0 spiro atoms. The Balaban J connectivity index is 0.00000312. The number of hydrogen-bond donors (Lipinski definition) is 2. The molecule has 0 saturated carbocycles. The van der Waals surface area contributed by atoms with E-state index in [9.17, 15) is 9.59 Å². The van der Waals surface area contributed by atoms with Gasteiger partial charge in [0, 0.05) is 6.42 Å². The molecular formula is C19H29ClN2O3. The van der Waals surface area contributed by atoms with Gasteiger partial charge in [-0.15, -0.1) is 12.4 Å². The van der Waals surface area contributed by atoms with Gasteiger partial charge in [0.05, 0.1) is 19.1 Å². The zero-order valence-electron chi connectivity index (χ0n) is 15.0. The van der Waals surface area contributed by atoms with Crippen molar-refractivity contribution in [2.24, 2.45) is 11.8 Å². The number of carbonyl (C=O) groups excluding carboxylic acids is 2. The van der Waals surface area contributed by atoms with E-state index >= 15 is 0 Å². The molecule has 6 heteroatoms. The first kappa shape index (κ1) is 21.5. The Morgan fingerprint density at radius 2 is 1.88 bits per heavy atom. The molecule has 0 aliphatic carbocycles. The first-order valence-corrected chi connectivity index (χ1v) is 8.74. The maximum atomic E-state index is 12.4. The van der Waals surface area contributed by atoms with Gasteiger partial charge in [0.25, 0.3) is 0 Å². The predicted octanol–water partition coefficient (Wildman–Crippen LogP) is 2.85. The predicted molar refractivity (Wildman–Crippen MR) is 101 cm³/mol. The Labute approximate surface area is 156 Å². The summed E-state index contributed by atoms with van der Waals surface area (Å²) in [7, 11) is 1.37. The minimum absolute atomic E-state index is 0. The van der Waals surface area contributed by atoms with E-state index in [-0.39, 0.29) is 30.3 Å². The van der Waals surface area contributed by atoms with E-state index < -0.39 is 5.92 Å². The van der Waals surface area contributed by atoms with Crippen LogP contribution in [0.25, 0.3) is 0 Å². The van der Waals surface area contributed by atoms with Crippen molar-refractivity contribution in [3.05, 3.63) is 35.9 Å². The molecule has 5 nitrogen and oxygen atoms in total. The molecule has 1 amide bonds. The summed E-state index contributed by atoms with van der Waals surface area (Å²) < 4.78 is 4.85. The summed E-state index contributed by atoms with van der Waals surface area (Å²) in [6.45, 7) is 3.87. The lowest BCUT2D eigenvalue weighted by Crippen LogP contribution is -2.36. The number of ether oxygens (including phenoxy) is 1. The maximum absolute atomic E-state index is 12.4. The van der Waals surface area contributed by atoms with E-state index in [4.69, 9.17) is 4.74 Å². The fourth-order valence-electron chi connectivity index (χ4n) is 3.23. The van der Waals surface area contributed by atoms with Crippen molar-refractivity contribution in [1.82, 2.24) is 10.6 Å². The Hall–Kier alpha value is -1.59. The molecule has 1 saturated heterocycles. The van der Waals surface area contributed by atoms with Crippen LogP contribution in [-0.4, -0.2) is 32.1 Å². The van der Waals surface area contributed by atoms with E-state index in [1.165, 1.54) is 7.11 Å². The summed E-state index contributed by atoms with van der Waals surface area (Å²) in [5.41, 5.74) is 0.922. The summed E-state index contributed by atoms with van der Waals surface area (Å²) in [4.78, 5) is 24.3.